The molecule has 0 heterocycles. The molecule has 0 unspecified atom stereocenters. The lowest BCUT2D eigenvalue weighted by atomic mass is 10.3. The number of carbonyl (C=O) groups excluding carboxylic acids is 1. The lowest BCUT2D eigenvalue weighted by Crippen LogP contribution is -2.11. The lowest BCUT2D eigenvalue weighted by Gasteiger charge is -2.02. The second kappa shape index (κ2) is 4.22. The zero-order valence-corrected chi connectivity index (χ0v) is 7.10. The molecule has 1 aromatic carbocycles. The Kier molecular flexibility index (Phi) is 3.01. The summed E-state index contributed by atoms with van der Waals surface area (Å²) in [7, 11) is 0. The molecule has 0 aromatic heterocycles. The molecule has 0 saturated carbocycles. The van der Waals surface area contributed by atoms with Gasteiger partial charge in [0.25, 0.3) is 5.91 Å². The van der Waals surface area contributed by atoms with Crippen LogP contribution < -0.4 is 10.5 Å². The molecule has 0 aliphatic carbocycles. The number of nitro groups is 1. The molecule has 1 amide bonds. The predicted octanol–water partition coefficient (Wildman–Crippen LogP) is 0.783. The van der Waals surface area contributed by atoms with Crippen LogP contribution in [0, 0.1) is 10.1 Å². The molecular weight excluding hydrogens is 188 g/mol. The number of hydrogen-bond donors (Lipinski definition) is 0. The minimum atomic E-state index is -0.928. The molecule has 0 saturated heterocycles. The van der Waals surface area contributed by atoms with E-state index in [4.69, 9.17) is 10.5 Å². The number of carbonyl (C=O) groups is 1. The van der Waals surface area contributed by atoms with Gasteiger partial charge in [0.05, 0.1) is 4.92 Å². The Morgan fingerprint density at radius 3 is 2.71 bits per heavy atom. The largest absolute Gasteiger partial charge is 0.477 e. The summed E-state index contributed by atoms with van der Waals surface area (Å²) in [6.07, 6.45) is 0. The molecule has 1 aromatic rings. The van der Waals surface area contributed by atoms with E-state index in [1.165, 1.54) is 18.2 Å². The van der Waals surface area contributed by atoms with Gasteiger partial charge in [-0.2, -0.15) is 0 Å². The van der Waals surface area contributed by atoms with Crippen LogP contribution in [0.4, 0.5) is 5.69 Å². The summed E-state index contributed by atoms with van der Waals surface area (Å²) >= 11 is 0. The highest BCUT2D eigenvalue weighted by Gasteiger charge is 2.13. The van der Waals surface area contributed by atoms with E-state index in [0.29, 0.717) is 0 Å². The zero-order valence-electron chi connectivity index (χ0n) is 7.10. The number of amides is 1. The van der Waals surface area contributed by atoms with E-state index in [-0.39, 0.29) is 11.4 Å². The third-order valence-corrected chi connectivity index (χ3v) is 1.42. The highest BCUT2D eigenvalue weighted by atomic mass is 16.6. The van der Waals surface area contributed by atoms with Crippen LogP contribution in [0.3, 0.4) is 0 Å². The van der Waals surface area contributed by atoms with Crippen LogP contribution in [0.15, 0.2) is 24.3 Å². The number of nitrogens with one attached hydrogen (secondary N) is 1. The normalized spacial score (nSPS) is 9.43. The molecule has 1 rings (SSSR count). The summed E-state index contributed by atoms with van der Waals surface area (Å²) < 4.78 is 4.78. The maximum Gasteiger partial charge on any atom is 0.310 e. The maximum absolute atomic E-state index is 10.5. The third kappa shape index (κ3) is 2.44. The van der Waals surface area contributed by atoms with Gasteiger partial charge in [-0.25, -0.2) is 0 Å². The van der Waals surface area contributed by atoms with Crippen LogP contribution >= 0.6 is 0 Å². The molecule has 0 atom stereocenters. The van der Waals surface area contributed by atoms with Gasteiger partial charge in [-0.05, 0) is 6.07 Å². The number of rotatable bonds is 4. The molecule has 73 valence electrons. The number of nitro benzene ring substituents is 1. The maximum atomic E-state index is 10.5. The first-order chi connectivity index (χ1) is 6.61. The van der Waals surface area contributed by atoms with Crippen molar-refractivity contribution in [1.29, 1.82) is 0 Å². The van der Waals surface area contributed by atoms with Gasteiger partial charge >= 0.3 is 5.69 Å². The molecule has 6 nitrogen and oxygen atoms in total. The van der Waals surface area contributed by atoms with Gasteiger partial charge in [0.1, 0.15) is 0 Å². The van der Waals surface area contributed by atoms with Crippen LogP contribution in [-0.2, 0) is 4.79 Å². The molecular formula is C8H7N2O4. The van der Waals surface area contributed by atoms with Crippen LogP contribution in [0.2, 0.25) is 0 Å². The van der Waals surface area contributed by atoms with Crippen molar-refractivity contribution in [3.8, 4) is 5.75 Å². The molecule has 0 aliphatic rings. The topological polar surface area (TPSA) is 93.2 Å². The van der Waals surface area contributed by atoms with Crippen molar-refractivity contribution in [2.75, 3.05) is 6.61 Å². The molecule has 0 aliphatic heterocycles. The van der Waals surface area contributed by atoms with Crippen molar-refractivity contribution < 1.29 is 14.5 Å². The lowest BCUT2D eigenvalue weighted by molar-refractivity contribution is -0.385. The Balaban J connectivity index is 2.84. The molecule has 1 radical (unpaired) electrons. The fourth-order valence-corrected chi connectivity index (χ4v) is 0.873. The van der Waals surface area contributed by atoms with Gasteiger partial charge < -0.3 is 4.74 Å². The average Bonchev–Trinajstić information content (AvgIpc) is 2.15. The van der Waals surface area contributed by atoms with E-state index in [2.05, 4.69) is 0 Å². The Bertz CT molecular complexity index is 364. The van der Waals surface area contributed by atoms with Crippen LogP contribution in [0.25, 0.3) is 0 Å². The first-order valence-electron chi connectivity index (χ1n) is 3.72. The molecule has 6 heteroatoms. The number of nitrogens with zero attached hydrogens (tertiary/aromatic N) is 1. The summed E-state index contributed by atoms with van der Waals surface area (Å²) in [5.41, 5.74) is 6.36. The molecule has 0 spiro atoms. The Labute approximate surface area is 79.4 Å². The molecule has 1 N–H and O–H groups in total. The van der Waals surface area contributed by atoms with Crippen molar-refractivity contribution in [3.63, 3.8) is 0 Å². The van der Waals surface area contributed by atoms with Gasteiger partial charge in [-0.3, -0.25) is 20.6 Å². The number of benzene rings is 1. The SMILES string of the molecule is [NH]C(=O)COc1ccccc1[N+](=O)[O-]. The summed E-state index contributed by atoms with van der Waals surface area (Å²) in [5.74, 6) is -0.929. The summed E-state index contributed by atoms with van der Waals surface area (Å²) in [6, 6.07) is 5.69. The highest BCUT2D eigenvalue weighted by molar-refractivity contribution is 5.74. The van der Waals surface area contributed by atoms with Gasteiger partial charge in [0, 0.05) is 6.07 Å². The van der Waals surface area contributed by atoms with Crippen molar-refractivity contribution >= 4 is 11.6 Å². The van der Waals surface area contributed by atoms with Crippen LogP contribution in [-0.4, -0.2) is 17.4 Å². The fraction of sp³-hybridized carbons (Fsp3) is 0.125. The quantitative estimate of drug-likeness (QED) is 0.524. The monoisotopic (exact) mass is 195 g/mol. The molecule has 0 fully saturated rings. The average molecular weight is 195 g/mol. The predicted molar refractivity (Wildman–Crippen MR) is 46.7 cm³/mol. The summed E-state index contributed by atoms with van der Waals surface area (Å²) in [4.78, 5) is 20.1. The number of hydrogen-bond acceptors (Lipinski definition) is 4. The second-order valence-corrected chi connectivity index (χ2v) is 2.44. The van der Waals surface area contributed by atoms with Gasteiger partial charge in [-0.1, -0.05) is 12.1 Å². The number of ether oxygens (including phenoxy) is 1. The van der Waals surface area contributed by atoms with E-state index >= 15 is 0 Å². The van der Waals surface area contributed by atoms with Crippen LogP contribution in [0.5, 0.6) is 5.75 Å². The molecule has 14 heavy (non-hydrogen) atoms. The van der Waals surface area contributed by atoms with Gasteiger partial charge in [0.15, 0.2) is 12.4 Å². The molecule has 0 bridgehead atoms. The smallest absolute Gasteiger partial charge is 0.310 e. The van der Waals surface area contributed by atoms with Crippen molar-refractivity contribution in [1.82, 2.24) is 5.73 Å². The number of para-hydroxylation sites is 2. The van der Waals surface area contributed by atoms with E-state index in [1.807, 2.05) is 0 Å². The third-order valence-electron chi connectivity index (χ3n) is 1.42. The first-order valence-corrected chi connectivity index (χ1v) is 3.72. The van der Waals surface area contributed by atoms with Crippen molar-refractivity contribution in [3.05, 3.63) is 34.4 Å². The Morgan fingerprint density at radius 2 is 2.14 bits per heavy atom. The van der Waals surface area contributed by atoms with Gasteiger partial charge in [0.2, 0.25) is 0 Å². The first kappa shape index (κ1) is 9.97. The fourth-order valence-electron chi connectivity index (χ4n) is 0.873. The second-order valence-electron chi connectivity index (χ2n) is 2.44. The summed E-state index contributed by atoms with van der Waals surface area (Å²) in [6.45, 7) is -0.481. The minimum absolute atomic E-state index is 0.00176. The zero-order chi connectivity index (χ0) is 10.6. The Hall–Kier alpha value is -2.11. The minimum Gasteiger partial charge on any atom is -0.477 e. The van der Waals surface area contributed by atoms with E-state index < -0.39 is 17.4 Å². The van der Waals surface area contributed by atoms with Gasteiger partial charge in [-0.15, -0.1) is 0 Å². The van der Waals surface area contributed by atoms with E-state index in [9.17, 15) is 14.9 Å². The van der Waals surface area contributed by atoms with Crippen molar-refractivity contribution in [2.45, 2.75) is 0 Å². The summed E-state index contributed by atoms with van der Waals surface area (Å²) in [5, 5.41) is 10.5. The van der Waals surface area contributed by atoms with E-state index in [1.54, 1.807) is 6.07 Å². The van der Waals surface area contributed by atoms with Crippen LogP contribution in [0.1, 0.15) is 0 Å². The van der Waals surface area contributed by atoms with E-state index in [0.717, 1.165) is 0 Å². The Morgan fingerprint density at radius 1 is 1.50 bits per heavy atom. The van der Waals surface area contributed by atoms with Crippen molar-refractivity contribution in [2.24, 2.45) is 0 Å². The standard InChI is InChI=1S/C8H7N2O4/c9-8(11)5-14-7-4-2-1-3-6(7)10(12)13/h1-4,9H,5H2. The highest BCUT2D eigenvalue weighted by Crippen LogP contribution is 2.25.